The predicted octanol–water partition coefficient (Wildman–Crippen LogP) is 2.67. The van der Waals surface area contributed by atoms with Crippen LogP contribution in [-0.2, 0) is 11.3 Å². The van der Waals surface area contributed by atoms with Crippen LogP contribution in [-0.4, -0.2) is 31.0 Å². The zero-order valence-electron chi connectivity index (χ0n) is 13.2. The molecule has 4 heteroatoms. The number of carbonyl (C=O) groups excluding carboxylic acids is 1. The fraction of sp³-hybridized carbons (Fsp3) is 0.278. The summed E-state index contributed by atoms with van der Waals surface area (Å²) < 4.78 is 5.48. The Kier molecular flexibility index (Phi) is 5.17. The number of rotatable bonds is 6. The first kappa shape index (κ1) is 16.0. The molecule has 0 aliphatic rings. The third-order valence-corrected chi connectivity index (χ3v) is 3.38. The van der Waals surface area contributed by atoms with Crippen molar-refractivity contribution in [1.29, 1.82) is 0 Å². The highest BCUT2D eigenvalue weighted by Crippen LogP contribution is 2.26. The van der Waals surface area contributed by atoms with E-state index in [1.54, 1.807) is 6.92 Å². The van der Waals surface area contributed by atoms with Crippen molar-refractivity contribution in [2.24, 2.45) is 5.73 Å². The van der Waals surface area contributed by atoms with Crippen molar-refractivity contribution in [2.45, 2.75) is 19.6 Å². The van der Waals surface area contributed by atoms with Crippen molar-refractivity contribution in [3.63, 3.8) is 0 Å². The van der Waals surface area contributed by atoms with Crippen molar-refractivity contribution in [1.82, 2.24) is 4.90 Å². The van der Waals surface area contributed by atoms with E-state index in [0.29, 0.717) is 5.75 Å². The zero-order valence-corrected chi connectivity index (χ0v) is 13.2. The molecule has 0 unspecified atom stereocenters. The zero-order chi connectivity index (χ0) is 16.1. The van der Waals surface area contributed by atoms with Crippen molar-refractivity contribution in [3.05, 3.63) is 54.1 Å². The van der Waals surface area contributed by atoms with E-state index in [4.69, 9.17) is 10.5 Å². The largest absolute Gasteiger partial charge is 0.481 e. The van der Waals surface area contributed by atoms with E-state index in [1.165, 1.54) is 11.1 Å². The number of nitrogens with zero attached hydrogens (tertiary/aromatic N) is 1. The topological polar surface area (TPSA) is 55.6 Å². The number of nitrogens with two attached hydrogens (primary N) is 1. The Labute approximate surface area is 131 Å². The van der Waals surface area contributed by atoms with E-state index < -0.39 is 12.0 Å². The molecule has 2 aromatic rings. The van der Waals surface area contributed by atoms with Crippen molar-refractivity contribution in [3.8, 4) is 16.9 Å². The molecule has 1 amide bonds. The number of hydrogen-bond donors (Lipinski definition) is 1. The molecule has 0 aliphatic heterocycles. The molecule has 0 spiro atoms. The van der Waals surface area contributed by atoms with Crippen LogP contribution in [0.15, 0.2) is 48.5 Å². The molecule has 0 saturated heterocycles. The second-order valence-corrected chi connectivity index (χ2v) is 5.58. The predicted molar refractivity (Wildman–Crippen MR) is 88.6 cm³/mol. The van der Waals surface area contributed by atoms with Crippen LogP contribution < -0.4 is 10.5 Å². The summed E-state index contributed by atoms with van der Waals surface area (Å²) in [7, 11) is 4.11. The van der Waals surface area contributed by atoms with Crippen LogP contribution in [0, 0.1) is 0 Å². The molecule has 1 atom stereocenters. The Bertz CT molecular complexity index is 636. The monoisotopic (exact) mass is 298 g/mol. The smallest absolute Gasteiger partial charge is 0.258 e. The molecule has 0 fully saturated rings. The second kappa shape index (κ2) is 7.09. The van der Waals surface area contributed by atoms with Gasteiger partial charge in [-0.25, -0.2) is 0 Å². The molecule has 2 N–H and O–H groups in total. The molecule has 116 valence electrons. The SMILES string of the molecule is C[C@@H](Oc1ccc(-c2ccccc2CN(C)C)cc1)C(N)=O. The van der Waals surface area contributed by atoms with Gasteiger partial charge in [-0.2, -0.15) is 0 Å². The lowest BCUT2D eigenvalue weighted by molar-refractivity contribution is -0.123. The van der Waals surface area contributed by atoms with E-state index in [2.05, 4.69) is 31.1 Å². The maximum Gasteiger partial charge on any atom is 0.258 e. The third kappa shape index (κ3) is 4.09. The molecule has 2 aromatic carbocycles. The molecular weight excluding hydrogens is 276 g/mol. The minimum Gasteiger partial charge on any atom is -0.481 e. The molecule has 4 nitrogen and oxygen atoms in total. The van der Waals surface area contributed by atoms with Gasteiger partial charge in [-0.1, -0.05) is 36.4 Å². The Hall–Kier alpha value is -2.33. The van der Waals surface area contributed by atoms with Gasteiger partial charge in [0.05, 0.1) is 0 Å². The Balaban J connectivity index is 2.22. The quantitative estimate of drug-likeness (QED) is 0.892. The normalized spacial score (nSPS) is 12.2. The van der Waals surface area contributed by atoms with Crippen LogP contribution in [0.3, 0.4) is 0 Å². The van der Waals surface area contributed by atoms with Crippen molar-refractivity contribution >= 4 is 5.91 Å². The summed E-state index contributed by atoms with van der Waals surface area (Å²) in [5.41, 5.74) is 8.79. The van der Waals surface area contributed by atoms with Crippen LogP contribution in [0.1, 0.15) is 12.5 Å². The Morgan fingerprint density at radius 1 is 1.14 bits per heavy atom. The highest BCUT2D eigenvalue weighted by atomic mass is 16.5. The van der Waals surface area contributed by atoms with Crippen molar-refractivity contribution in [2.75, 3.05) is 14.1 Å². The van der Waals surface area contributed by atoms with Crippen LogP contribution in [0.4, 0.5) is 0 Å². The average Bonchev–Trinajstić information content (AvgIpc) is 2.48. The van der Waals surface area contributed by atoms with Gasteiger partial charge >= 0.3 is 0 Å². The van der Waals surface area contributed by atoms with Gasteiger partial charge in [0.25, 0.3) is 5.91 Å². The summed E-state index contributed by atoms with van der Waals surface area (Å²) in [6, 6.07) is 16.1. The van der Waals surface area contributed by atoms with Gasteiger partial charge < -0.3 is 15.4 Å². The minimum absolute atomic E-state index is 0.472. The fourth-order valence-electron chi connectivity index (χ4n) is 2.26. The lowest BCUT2D eigenvalue weighted by Gasteiger charge is -2.15. The molecule has 22 heavy (non-hydrogen) atoms. The number of amides is 1. The lowest BCUT2D eigenvalue weighted by Crippen LogP contribution is -2.30. The summed E-state index contributed by atoms with van der Waals surface area (Å²) in [4.78, 5) is 13.2. The van der Waals surface area contributed by atoms with E-state index >= 15 is 0 Å². The van der Waals surface area contributed by atoms with Gasteiger partial charge in [-0.15, -0.1) is 0 Å². The molecule has 0 saturated carbocycles. The van der Waals surface area contributed by atoms with Gasteiger partial charge in [0.15, 0.2) is 6.10 Å². The molecule has 0 aliphatic carbocycles. The maximum atomic E-state index is 11.0. The molecular formula is C18H22N2O2. The van der Waals surface area contributed by atoms with E-state index in [0.717, 1.165) is 12.1 Å². The number of benzene rings is 2. The standard InChI is InChI=1S/C18H22N2O2/c1-13(18(19)21)22-16-10-8-14(9-11-16)17-7-5-4-6-15(17)12-20(2)3/h4-11,13H,12H2,1-3H3,(H2,19,21)/t13-/m1/s1. The highest BCUT2D eigenvalue weighted by Gasteiger charge is 2.10. The molecule has 0 bridgehead atoms. The summed E-state index contributed by atoms with van der Waals surface area (Å²) in [6.07, 6.45) is -0.633. The molecule has 0 heterocycles. The van der Waals surface area contributed by atoms with E-state index in [-0.39, 0.29) is 0 Å². The first-order chi connectivity index (χ1) is 10.5. The summed E-state index contributed by atoms with van der Waals surface area (Å²) in [5.74, 6) is 0.167. The third-order valence-electron chi connectivity index (χ3n) is 3.38. The van der Waals surface area contributed by atoms with Crippen molar-refractivity contribution < 1.29 is 9.53 Å². The maximum absolute atomic E-state index is 11.0. The lowest BCUT2D eigenvalue weighted by atomic mass is 9.99. The molecule has 2 rings (SSSR count). The van der Waals surface area contributed by atoms with Gasteiger partial charge in [0.1, 0.15) is 5.75 Å². The average molecular weight is 298 g/mol. The summed E-state index contributed by atoms with van der Waals surface area (Å²) in [5, 5.41) is 0. The first-order valence-corrected chi connectivity index (χ1v) is 7.26. The number of ether oxygens (including phenoxy) is 1. The molecule has 0 radical (unpaired) electrons. The van der Waals surface area contributed by atoms with E-state index in [1.807, 2.05) is 36.4 Å². The number of primary amides is 1. The van der Waals surface area contributed by atoms with Gasteiger partial charge in [0.2, 0.25) is 0 Å². The van der Waals surface area contributed by atoms with E-state index in [9.17, 15) is 4.79 Å². The summed E-state index contributed by atoms with van der Waals surface area (Å²) in [6.45, 7) is 2.52. The Morgan fingerprint density at radius 3 is 2.36 bits per heavy atom. The highest BCUT2D eigenvalue weighted by molar-refractivity contribution is 5.78. The number of hydrogen-bond acceptors (Lipinski definition) is 3. The van der Waals surface area contributed by atoms with Gasteiger partial charge in [-0.3, -0.25) is 4.79 Å². The molecule has 0 aromatic heterocycles. The van der Waals surface area contributed by atoms with Crippen LogP contribution >= 0.6 is 0 Å². The van der Waals surface area contributed by atoms with Gasteiger partial charge in [-0.05, 0) is 49.8 Å². The Morgan fingerprint density at radius 2 is 1.77 bits per heavy atom. The summed E-state index contributed by atoms with van der Waals surface area (Å²) >= 11 is 0. The fourth-order valence-corrected chi connectivity index (χ4v) is 2.26. The van der Waals surface area contributed by atoms with Gasteiger partial charge in [0, 0.05) is 6.54 Å². The second-order valence-electron chi connectivity index (χ2n) is 5.58. The first-order valence-electron chi connectivity index (χ1n) is 7.26. The van der Waals surface area contributed by atoms with Crippen LogP contribution in [0.25, 0.3) is 11.1 Å². The number of carbonyl (C=O) groups is 1. The van der Waals surface area contributed by atoms with Crippen LogP contribution in [0.5, 0.6) is 5.75 Å². The minimum atomic E-state index is -0.633. The van der Waals surface area contributed by atoms with Crippen LogP contribution in [0.2, 0.25) is 0 Å².